The molecule has 1 amide bonds. The molecular formula is C6H10NO4. The molecule has 1 aliphatic heterocycles. The molecule has 0 aliphatic carbocycles. The van der Waals surface area contributed by atoms with Gasteiger partial charge < -0.3 is 14.2 Å². The third kappa shape index (κ3) is 3.20. The molecule has 0 aromatic rings. The number of amides is 1. The average Bonchev–Trinajstić information content (AvgIpc) is 2.03. The first kappa shape index (κ1) is 8.29. The second-order valence-corrected chi connectivity index (χ2v) is 2.17. The lowest BCUT2D eigenvalue weighted by molar-refractivity contribution is -0.105. The van der Waals surface area contributed by atoms with Crippen molar-refractivity contribution in [1.82, 2.24) is 5.73 Å². The summed E-state index contributed by atoms with van der Waals surface area (Å²) in [6, 6.07) is 0. The number of ether oxygens (including phenoxy) is 3. The van der Waals surface area contributed by atoms with E-state index in [-0.39, 0.29) is 12.7 Å². The first-order valence-corrected chi connectivity index (χ1v) is 3.37. The second-order valence-electron chi connectivity index (χ2n) is 2.17. The summed E-state index contributed by atoms with van der Waals surface area (Å²) < 4.78 is 14.6. The maximum atomic E-state index is 10.0. The van der Waals surface area contributed by atoms with Crippen LogP contribution in [0.4, 0.5) is 4.79 Å². The van der Waals surface area contributed by atoms with Crippen molar-refractivity contribution in [2.24, 2.45) is 0 Å². The summed E-state index contributed by atoms with van der Waals surface area (Å²) in [4.78, 5) is 10.0. The van der Waals surface area contributed by atoms with Gasteiger partial charge >= 0.3 is 6.09 Å². The highest BCUT2D eigenvalue weighted by Gasteiger charge is 2.15. The Morgan fingerprint density at radius 3 is 3.00 bits per heavy atom. The lowest BCUT2D eigenvalue weighted by Gasteiger charge is -2.21. The molecule has 1 rings (SSSR count). The van der Waals surface area contributed by atoms with Gasteiger partial charge in [-0.25, -0.2) is 10.5 Å². The zero-order valence-electron chi connectivity index (χ0n) is 6.04. The first-order chi connectivity index (χ1) is 5.29. The average molecular weight is 160 g/mol. The molecule has 1 unspecified atom stereocenters. The quantitative estimate of drug-likeness (QED) is 0.562. The number of hydrogen-bond donors (Lipinski definition) is 0. The SMILES string of the molecule is [NH]C(=O)OCC1COCCO1. The third-order valence-corrected chi connectivity index (χ3v) is 1.29. The second kappa shape index (κ2) is 4.15. The van der Waals surface area contributed by atoms with Crippen LogP contribution in [0.25, 0.3) is 0 Å². The van der Waals surface area contributed by atoms with E-state index in [1.807, 2.05) is 0 Å². The van der Waals surface area contributed by atoms with Crippen molar-refractivity contribution < 1.29 is 19.0 Å². The van der Waals surface area contributed by atoms with Crippen LogP contribution in [0.15, 0.2) is 0 Å². The van der Waals surface area contributed by atoms with Gasteiger partial charge in [-0.2, -0.15) is 0 Å². The van der Waals surface area contributed by atoms with Gasteiger partial charge in [0.25, 0.3) is 0 Å². The Labute approximate surface area is 64.4 Å². The van der Waals surface area contributed by atoms with Gasteiger partial charge in [-0.15, -0.1) is 0 Å². The number of carbonyl (C=O) groups excluding carboxylic acids is 1. The zero-order chi connectivity index (χ0) is 8.10. The van der Waals surface area contributed by atoms with Gasteiger partial charge in [0.1, 0.15) is 12.7 Å². The van der Waals surface area contributed by atoms with Gasteiger partial charge in [-0.3, -0.25) is 0 Å². The molecule has 5 nitrogen and oxygen atoms in total. The molecule has 1 aliphatic rings. The predicted octanol–water partition coefficient (Wildman–Crippen LogP) is -0.179. The van der Waals surface area contributed by atoms with Crippen molar-refractivity contribution in [1.29, 1.82) is 0 Å². The monoisotopic (exact) mass is 160 g/mol. The van der Waals surface area contributed by atoms with Crippen LogP contribution >= 0.6 is 0 Å². The van der Waals surface area contributed by atoms with Crippen LogP contribution in [0, 0.1) is 0 Å². The van der Waals surface area contributed by atoms with Gasteiger partial charge in [-0.1, -0.05) is 0 Å². The van der Waals surface area contributed by atoms with E-state index in [2.05, 4.69) is 4.74 Å². The molecular weight excluding hydrogens is 150 g/mol. The molecule has 1 saturated heterocycles. The van der Waals surface area contributed by atoms with E-state index in [0.29, 0.717) is 19.8 Å². The van der Waals surface area contributed by atoms with E-state index in [1.165, 1.54) is 0 Å². The third-order valence-electron chi connectivity index (χ3n) is 1.29. The van der Waals surface area contributed by atoms with Crippen LogP contribution in [-0.4, -0.2) is 38.6 Å². The Morgan fingerprint density at radius 2 is 2.45 bits per heavy atom. The first-order valence-electron chi connectivity index (χ1n) is 3.37. The fraction of sp³-hybridized carbons (Fsp3) is 0.833. The van der Waals surface area contributed by atoms with E-state index in [4.69, 9.17) is 15.2 Å². The van der Waals surface area contributed by atoms with Crippen molar-refractivity contribution in [2.45, 2.75) is 6.10 Å². The molecule has 0 aromatic heterocycles. The van der Waals surface area contributed by atoms with Crippen LogP contribution < -0.4 is 5.73 Å². The molecule has 1 fully saturated rings. The van der Waals surface area contributed by atoms with Gasteiger partial charge in [0.05, 0.1) is 19.8 Å². The number of nitrogens with one attached hydrogen (secondary N) is 1. The zero-order valence-corrected chi connectivity index (χ0v) is 6.04. The Kier molecular flexibility index (Phi) is 3.13. The highest BCUT2D eigenvalue weighted by molar-refractivity contribution is 5.63. The van der Waals surface area contributed by atoms with Crippen molar-refractivity contribution >= 4 is 6.09 Å². The van der Waals surface area contributed by atoms with Crippen LogP contribution in [0.2, 0.25) is 0 Å². The smallest absolute Gasteiger partial charge is 0.426 e. The van der Waals surface area contributed by atoms with E-state index < -0.39 is 6.09 Å². The molecule has 1 radical (unpaired) electrons. The molecule has 1 atom stereocenters. The van der Waals surface area contributed by atoms with Crippen molar-refractivity contribution in [2.75, 3.05) is 26.4 Å². The topological polar surface area (TPSA) is 68.6 Å². The predicted molar refractivity (Wildman–Crippen MR) is 35.0 cm³/mol. The normalized spacial score (nSPS) is 24.5. The minimum atomic E-state index is -1.03. The number of rotatable bonds is 2. The maximum Gasteiger partial charge on any atom is 0.426 e. The number of hydrogen-bond acceptors (Lipinski definition) is 4. The molecule has 63 valence electrons. The Hall–Kier alpha value is -0.810. The Morgan fingerprint density at radius 1 is 1.64 bits per heavy atom. The minimum Gasteiger partial charge on any atom is -0.445 e. The highest BCUT2D eigenvalue weighted by atomic mass is 16.6. The molecule has 1 N–H and O–H groups in total. The molecule has 0 aromatic carbocycles. The largest absolute Gasteiger partial charge is 0.445 e. The lowest BCUT2D eigenvalue weighted by Crippen LogP contribution is -2.33. The summed E-state index contributed by atoms with van der Waals surface area (Å²) in [5.74, 6) is 0. The Bertz CT molecular complexity index is 133. The van der Waals surface area contributed by atoms with E-state index in [0.717, 1.165) is 0 Å². The summed E-state index contributed by atoms with van der Waals surface area (Å²) in [6.45, 7) is 1.67. The van der Waals surface area contributed by atoms with E-state index in [1.54, 1.807) is 0 Å². The number of carbonyl (C=O) groups is 1. The van der Waals surface area contributed by atoms with Gasteiger partial charge in [-0.05, 0) is 0 Å². The lowest BCUT2D eigenvalue weighted by atomic mass is 10.4. The highest BCUT2D eigenvalue weighted by Crippen LogP contribution is 2.00. The summed E-state index contributed by atoms with van der Waals surface area (Å²) in [7, 11) is 0. The molecule has 1 heterocycles. The van der Waals surface area contributed by atoms with Crippen LogP contribution in [0.1, 0.15) is 0 Å². The van der Waals surface area contributed by atoms with E-state index in [9.17, 15) is 4.79 Å². The molecule has 0 spiro atoms. The molecule has 0 saturated carbocycles. The summed E-state index contributed by atoms with van der Waals surface area (Å²) in [5, 5.41) is 0. The van der Waals surface area contributed by atoms with Crippen molar-refractivity contribution in [3.63, 3.8) is 0 Å². The van der Waals surface area contributed by atoms with Gasteiger partial charge in [0.2, 0.25) is 0 Å². The van der Waals surface area contributed by atoms with Gasteiger partial charge in [0.15, 0.2) is 0 Å². The van der Waals surface area contributed by atoms with Crippen molar-refractivity contribution in [3.8, 4) is 0 Å². The maximum absolute atomic E-state index is 10.0. The van der Waals surface area contributed by atoms with Crippen LogP contribution in [-0.2, 0) is 14.2 Å². The Balaban J connectivity index is 2.09. The standard InChI is InChI=1S/C6H10NO4/c7-6(8)11-4-5-3-9-1-2-10-5/h5,7H,1-4H2. The van der Waals surface area contributed by atoms with Crippen molar-refractivity contribution in [3.05, 3.63) is 0 Å². The summed E-state index contributed by atoms with van der Waals surface area (Å²) >= 11 is 0. The van der Waals surface area contributed by atoms with Crippen LogP contribution in [0.5, 0.6) is 0 Å². The molecule has 0 bridgehead atoms. The summed E-state index contributed by atoms with van der Waals surface area (Å²) in [6.07, 6.45) is -1.22. The van der Waals surface area contributed by atoms with Crippen LogP contribution in [0.3, 0.4) is 0 Å². The van der Waals surface area contributed by atoms with E-state index >= 15 is 0 Å². The van der Waals surface area contributed by atoms with Gasteiger partial charge in [0, 0.05) is 0 Å². The summed E-state index contributed by atoms with van der Waals surface area (Å²) in [5.41, 5.74) is 6.44. The minimum absolute atomic E-state index is 0.113. The fourth-order valence-electron chi connectivity index (χ4n) is 0.801. The fourth-order valence-corrected chi connectivity index (χ4v) is 0.801. The molecule has 11 heavy (non-hydrogen) atoms. The molecule has 5 heteroatoms.